The molecule has 0 aliphatic heterocycles. The van der Waals surface area contributed by atoms with E-state index in [9.17, 15) is 4.79 Å². The third-order valence-corrected chi connectivity index (χ3v) is 12.0. The fourth-order valence-corrected chi connectivity index (χ4v) is 9.43. The molecule has 166 valence electrons. The number of carbonyl (C=O) groups is 1. The Kier molecular flexibility index (Phi) is 6.92. The lowest BCUT2D eigenvalue weighted by atomic mass is 9.70. The van der Waals surface area contributed by atoms with Gasteiger partial charge in [0.25, 0.3) is 8.32 Å². The quantitative estimate of drug-likeness (QED) is 0.359. The number of rotatable bonds is 6. The molecule has 3 nitrogen and oxygen atoms in total. The molecular formula is C27H36O3Si. The molecule has 0 amide bonds. The highest BCUT2D eigenvalue weighted by Crippen LogP contribution is 2.42. The predicted molar refractivity (Wildman–Crippen MR) is 130 cm³/mol. The maximum Gasteiger partial charge on any atom is 0.312 e. The summed E-state index contributed by atoms with van der Waals surface area (Å²) in [5, 5.41) is 2.53. The fraction of sp³-hybridized carbons (Fsp3) is 0.444. The number of hydrogen-bond acceptors (Lipinski definition) is 3. The highest BCUT2D eigenvalue weighted by atomic mass is 28.4. The van der Waals surface area contributed by atoms with Crippen LogP contribution in [0.25, 0.3) is 0 Å². The summed E-state index contributed by atoms with van der Waals surface area (Å²) in [5.41, 5.74) is 0.817. The minimum atomic E-state index is -2.55. The Balaban J connectivity index is 1.98. The van der Waals surface area contributed by atoms with E-state index in [-0.39, 0.29) is 16.9 Å². The highest BCUT2D eigenvalue weighted by Gasteiger charge is 2.50. The molecule has 2 aromatic carbocycles. The van der Waals surface area contributed by atoms with Gasteiger partial charge in [0.1, 0.15) is 0 Å². The van der Waals surface area contributed by atoms with Crippen LogP contribution in [-0.4, -0.2) is 28.0 Å². The van der Waals surface area contributed by atoms with E-state index in [1.54, 1.807) is 0 Å². The van der Waals surface area contributed by atoms with E-state index >= 15 is 0 Å². The molecule has 3 rings (SSSR count). The molecule has 0 fully saturated rings. The summed E-state index contributed by atoms with van der Waals surface area (Å²) in [4.78, 5) is 12.3. The number of benzene rings is 2. The second-order valence-corrected chi connectivity index (χ2v) is 14.3. The van der Waals surface area contributed by atoms with Crippen molar-refractivity contribution in [3.05, 3.63) is 72.3 Å². The van der Waals surface area contributed by atoms with E-state index in [0.717, 1.165) is 12.8 Å². The Hall–Kier alpha value is -2.17. The molecule has 0 heterocycles. The minimum absolute atomic E-state index is 0.0446. The zero-order chi connectivity index (χ0) is 22.7. The third kappa shape index (κ3) is 4.42. The second kappa shape index (κ2) is 9.13. The molecule has 1 aliphatic rings. The van der Waals surface area contributed by atoms with Crippen LogP contribution < -0.4 is 10.4 Å². The van der Waals surface area contributed by atoms with Gasteiger partial charge in [-0.25, -0.2) is 0 Å². The SMILES string of the molecule is COC(=O)[C@]1(C)CCC(CO[Si](c2ccccc2)(c2ccccc2)C(C)(C)C)=C[C@H]1C. The zero-order valence-electron chi connectivity index (χ0n) is 19.8. The monoisotopic (exact) mass is 436 g/mol. The average Bonchev–Trinajstić information content (AvgIpc) is 2.76. The van der Waals surface area contributed by atoms with E-state index in [1.165, 1.54) is 23.1 Å². The van der Waals surface area contributed by atoms with Gasteiger partial charge in [-0.3, -0.25) is 4.79 Å². The molecule has 0 N–H and O–H groups in total. The number of hydrogen-bond donors (Lipinski definition) is 0. The van der Waals surface area contributed by atoms with Gasteiger partial charge in [0.2, 0.25) is 0 Å². The van der Waals surface area contributed by atoms with Crippen LogP contribution in [-0.2, 0) is 14.0 Å². The molecule has 0 saturated heterocycles. The number of esters is 1. The first kappa shape index (κ1) is 23.5. The summed E-state index contributed by atoms with van der Waals surface area (Å²) in [6, 6.07) is 21.4. The topological polar surface area (TPSA) is 35.5 Å². The Bertz CT molecular complexity index is 875. The van der Waals surface area contributed by atoms with Gasteiger partial charge in [-0.05, 0) is 46.7 Å². The van der Waals surface area contributed by atoms with Gasteiger partial charge >= 0.3 is 5.97 Å². The van der Waals surface area contributed by atoms with Crippen molar-refractivity contribution in [2.45, 2.75) is 52.5 Å². The van der Waals surface area contributed by atoms with Crippen molar-refractivity contribution >= 4 is 24.7 Å². The molecule has 4 heteroatoms. The summed E-state index contributed by atoms with van der Waals surface area (Å²) in [6.45, 7) is 11.6. The smallest absolute Gasteiger partial charge is 0.312 e. The number of methoxy groups -OCH3 is 1. The summed E-state index contributed by atoms with van der Waals surface area (Å²) in [6.07, 6.45) is 3.88. The maximum atomic E-state index is 12.3. The maximum absolute atomic E-state index is 12.3. The van der Waals surface area contributed by atoms with E-state index in [4.69, 9.17) is 9.16 Å². The van der Waals surface area contributed by atoms with Crippen LogP contribution in [0.2, 0.25) is 5.04 Å². The van der Waals surface area contributed by atoms with Crippen LogP contribution in [0.1, 0.15) is 47.5 Å². The molecule has 2 aromatic rings. The van der Waals surface area contributed by atoms with Crippen LogP contribution in [0.3, 0.4) is 0 Å². The van der Waals surface area contributed by atoms with Crippen molar-refractivity contribution in [1.29, 1.82) is 0 Å². The van der Waals surface area contributed by atoms with E-state index in [1.807, 2.05) is 6.92 Å². The molecule has 31 heavy (non-hydrogen) atoms. The van der Waals surface area contributed by atoms with Crippen molar-refractivity contribution in [1.82, 2.24) is 0 Å². The molecule has 0 unspecified atom stereocenters. The van der Waals surface area contributed by atoms with Crippen molar-refractivity contribution in [3.8, 4) is 0 Å². The van der Waals surface area contributed by atoms with Crippen molar-refractivity contribution in [2.24, 2.45) is 11.3 Å². The van der Waals surface area contributed by atoms with Crippen LogP contribution in [0.5, 0.6) is 0 Å². The summed E-state index contributed by atoms with van der Waals surface area (Å²) >= 11 is 0. The lowest BCUT2D eigenvalue weighted by molar-refractivity contribution is -0.154. The van der Waals surface area contributed by atoms with Crippen molar-refractivity contribution in [3.63, 3.8) is 0 Å². The molecule has 1 aliphatic carbocycles. The van der Waals surface area contributed by atoms with Gasteiger partial charge in [0, 0.05) is 0 Å². The lowest BCUT2D eigenvalue weighted by Crippen LogP contribution is -2.66. The van der Waals surface area contributed by atoms with E-state index in [2.05, 4.69) is 94.4 Å². The summed E-state index contributed by atoms with van der Waals surface area (Å²) in [5.74, 6) is -0.00495. The van der Waals surface area contributed by atoms with Crippen molar-refractivity contribution in [2.75, 3.05) is 13.7 Å². The first-order valence-electron chi connectivity index (χ1n) is 11.2. The molecule has 0 aromatic heterocycles. The summed E-state index contributed by atoms with van der Waals surface area (Å²) < 4.78 is 12.1. The lowest BCUT2D eigenvalue weighted by Gasteiger charge is -2.44. The first-order chi connectivity index (χ1) is 14.6. The van der Waals surface area contributed by atoms with E-state index < -0.39 is 13.7 Å². The number of allylic oxidation sites excluding steroid dienone is 1. The molecule has 2 atom stereocenters. The standard InChI is InChI=1S/C27H36O3Si/c1-21-19-22(17-18-27(21,5)25(28)29-6)20-30-31(26(2,3)4,23-13-9-7-10-14-23)24-15-11-8-12-16-24/h7-16,19,21H,17-18,20H2,1-6H3/t21-,27-/m1/s1. The van der Waals surface area contributed by atoms with Gasteiger partial charge in [-0.1, -0.05) is 94.4 Å². The Morgan fingerprint density at radius 1 is 1.03 bits per heavy atom. The highest BCUT2D eigenvalue weighted by molar-refractivity contribution is 6.99. The van der Waals surface area contributed by atoms with E-state index in [0.29, 0.717) is 6.61 Å². The third-order valence-electron chi connectivity index (χ3n) is 7.00. The fourth-order valence-electron chi connectivity index (χ4n) is 4.87. The van der Waals surface area contributed by atoms with Gasteiger partial charge in [0.15, 0.2) is 0 Å². The van der Waals surface area contributed by atoms with Crippen LogP contribution >= 0.6 is 0 Å². The number of ether oxygens (including phenoxy) is 1. The predicted octanol–water partition coefficient (Wildman–Crippen LogP) is 5.10. The second-order valence-electron chi connectivity index (χ2n) is 9.97. The van der Waals surface area contributed by atoms with Crippen molar-refractivity contribution < 1.29 is 14.0 Å². The van der Waals surface area contributed by atoms with Gasteiger partial charge in [0.05, 0.1) is 19.1 Å². The molecular weight excluding hydrogens is 400 g/mol. The van der Waals surface area contributed by atoms with Gasteiger partial charge in [-0.2, -0.15) is 0 Å². The van der Waals surface area contributed by atoms with Gasteiger partial charge in [-0.15, -0.1) is 0 Å². The largest absolute Gasteiger partial charge is 0.469 e. The average molecular weight is 437 g/mol. The van der Waals surface area contributed by atoms with Gasteiger partial charge < -0.3 is 9.16 Å². The molecule has 0 bridgehead atoms. The first-order valence-corrected chi connectivity index (χ1v) is 13.1. The Morgan fingerprint density at radius 2 is 1.55 bits per heavy atom. The Morgan fingerprint density at radius 3 is 1.97 bits per heavy atom. The normalized spacial score (nSPS) is 22.0. The molecule has 0 radical (unpaired) electrons. The number of carbonyl (C=O) groups excluding carboxylic acids is 1. The molecule has 0 saturated carbocycles. The minimum Gasteiger partial charge on any atom is -0.469 e. The summed E-state index contributed by atoms with van der Waals surface area (Å²) in [7, 11) is -1.07. The van der Waals surface area contributed by atoms with Crippen LogP contribution in [0, 0.1) is 11.3 Å². The molecule has 0 spiro atoms. The zero-order valence-corrected chi connectivity index (χ0v) is 20.8. The van der Waals surface area contributed by atoms with Crippen LogP contribution in [0.4, 0.5) is 0 Å². The Labute approximate surface area is 188 Å². The van der Waals surface area contributed by atoms with Crippen LogP contribution in [0.15, 0.2) is 72.3 Å².